The van der Waals surface area contributed by atoms with Crippen LogP contribution in [-0.4, -0.2) is 40.4 Å². The van der Waals surface area contributed by atoms with Gasteiger partial charge < -0.3 is 0 Å². The van der Waals surface area contributed by atoms with Crippen LogP contribution in [0.5, 0.6) is 0 Å². The summed E-state index contributed by atoms with van der Waals surface area (Å²) < 4.78 is 2.01. The maximum atomic E-state index is 4.79. The van der Waals surface area contributed by atoms with Crippen LogP contribution in [0.4, 0.5) is 0 Å². The number of hydrogen-bond donors (Lipinski definition) is 1. The molecule has 3 aromatic heterocycles. The van der Waals surface area contributed by atoms with Gasteiger partial charge in [0, 0.05) is 23.7 Å². The van der Waals surface area contributed by atoms with Gasteiger partial charge in [-0.25, -0.2) is 9.67 Å². The van der Waals surface area contributed by atoms with Gasteiger partial charge in [0.05, 0.1) is 6.54 Å². The number of rotatable bonds is 7. The first-order chi connectivity index (χ1) is 15.8. The highest BCUT2D eigenvalue weighted by atomic mass is 15.5. The van der Waals surface area contributed by atoms with Gasteiger partial charge in [0.1, 0.15) is 11.5 Å². The molecule has 8 nitrogen and oxygen atoms in total. The van der Waals surface area contributed by atoms with Crippen LogP contribution in [-0.2, 0) is 13.0 Å². The van der Waals surface area contributed by atoms with Gasteiger partial charge >= 0.3 is 0 Å². The first-order valence-corrected chi connectivity index (χ1v) is 10.6. The van der Waals surface area contributed by atoms with Crippen LogP contribution in [0.2, 0.25) is 0 Å². The third kappa shape index (κ3) is 4.02. The minimum Gasteiger partial charge on any atom is -0.252 e. The first-order valence-electron chi connectivity index (χ1n) is 10.6. The molecule has 0 radical (unpaired) electrons. The lowest BCUT2D eigenvalue weighted by Gasteiger charge is -2.08. The molecule has 8 heteroatoms. The Labute approximate surface area is 185 Å². The Hall–Kier alpha value is -4.20. The van der Waals surface area contributed by atoms with E-state index >= 15 is 0 Å². The highest BCUT2D eigenvalue weighted by Crippen LogP contribution is 2.28. The zero-order valence-corrected chi connectivity index (χ0v) is 17.7. The number of tetrazole rings is 1. The summed E-state index contributed by atoms with van der Waals surface area (Å²) in [4.78, 5) is 9.24. The van der Waals surface area contributed by atoms with E-state index in [1.165, 1.54) is 0 Å². The average molecular weight is 422 g/mol. The lowest BCUT2D eigenvalue weighted by molar-refractivity contribution is 0.630. The average Bonchev–Trinajstić information content (AvgIpc) is 3.51. The number of aromatic amines is 1. The van der Waals surface area contributed by atoms with Crippen molar-refractivity contribution in [3.63, 3.8) is 0 Å². The third-order valence-electron chi connectivity index (χ3n) is 5.22. The number of hydrogen-bond acceptors (Lipinski definition) is 6. The number of benzene rings is 2. The molecule has 5 aromatic rings. The van der Waals surface area contributed by atoms with Crippen molar-refractivity contribution in [1.29, 1.82) is 0 Å². The molecule has 2 aromatic carbocycles. The highest BCUT2D eigenvalue weighted by Gasteiger charge is 2.14. The molecule has 0 aliphatic carbocycles. The lowest BCUT2D eigenvalue weighted by Crippen LogP contribution is -2.07. The molecule has 1 N–H and O–H groups in total. The second kappa shape index (κ2) is 8.89. The van der Waals surface area contributed by atoms with Gasteiger partial charge in [-0.3, -0.25) is 4.98 Å². The van der Waals surface area contributed by atoms with E-state index < -0.39 is 0 Å². The summed E-state index contributed by atoms with van der Waals surface area (Å²) in [6.07, 6.45) is 3.64. The molecule has 0 saturated carbocycles. The SMILES string of the molecule is CCCc1nc(-c2ccccc2)nn1Cc1ccc(-c2cccnc2-c2nn[nH]n2)cc1. The van der Waals surface area contributed by atoms with Gasteiger partial charge in [-0.05, 0) is 28.8 Å². The predicted octanol–water partition coefficient (Wildman–Crippen LogP) is 4.19. The van der Waals surface area contributed by atoms with E-state index in [9.17, 15) is 0 Å². The number of aromatic nitrogens is 8. The van der Waals surface area contributed by atoms with Crippen molar-refractivity contribution in [3.8, 4) is 34.0 Å². The molecule has 0 spiro atoms. The first kappa shape index (κ1) is 19.7. The Balaban J connectivity index is 1.42. The fourth-order valence-corrected chi connectivity index (χ4v) is 3.66. The lowest BCUT2D eigenvalue weighted by atomic mass is 10.0. The van der Waals surface area contributed by atoms with E-state index in [-0.39, 0.29) is 0 Å². The summed E-state index contributed by atoms with van der Waals surface area (Å²) in [6.45, 7) is 2.82. The number of H-pyrrole nitrogens is 1. The summed E-state index contributed by atoms with van der Waals surface area (Å²) in [5.41, 5.74) is 4.88. The smallest absolute Gasteiger partial charge is 0.223 e. The van der Waals surface area contributed by atoms with Crippen molar-refractivity contribution in [3.05, 3.63) is 84.3 Å². The molecule has 0 bridgehead atoms. The zero-order chi connectivity index (χ0) is 21.8. The zero-order valence-electron chi connectivity index (χ0n) is 17.7. The van der Waals surface area contributed by atoms with E-state index in [2.05, 4.69) is 56.8 Å². The minimum absolute atomic E-state index is 0.477. The standard InChI is InChI=1S/C24H22N8/c1-2-7-21-26-23(19-8-4-3-5-9-19)29-32(21)16-17-11-13-18(14-12-17)20-10-6-15-25-22(20)24-27-30-31-28-24/h3-6,8-15H,2,7,16H2,1H3,(H,27,28,30,31). The van der Waals surface area contributed by atoms with E-state index in [4.69, 9.17) is 10.1 Å². The van der Waals surface area contributed by atoms with Crippen LogP contribution in [0.25, 0.3) is 34.0 Å². The number of pyridine rings is 1. The maximum absolute atomic E-state index is 4.79. The number of nitrogens with one attached hydrogen (secondary N) is 1. The van der Waals surface area contributed by atoms with Gasteiger partial charge in [0.2, 0.25) is 5.82 Å². The Morgan fingerprint density at radius 1 is 0.875 bits per heavy atom. The van der Waals surface area contributed by atoms with Gasteiger partial charge in [-0.2, -0.15) is 10.3 Å². The molecule has 3 heterocycles. The molecule has 0 saturated heterocycles. The molecule has 32 heavy (non-hydrogen) atoms. The predicted molar refractivity (Wildman–Crippen MR) is 121 cm³/mol. The van der Waals surface area contributed by atoms with Crippen molar-refractivity contribution < 1.29 is 0 Å². The second-order valence-electron chi connectivity index (χ2n) is 7.46. The molecule has 0 fully saturated rings. The quantitative estimate of drug-likeness (QED) is 0.422. The highest BCUT2D eigenvalue weighted by molar-refractivity contribution is 5.77. The van der Waals surface area contributed by atoms with Crippen LogP contribution in [0.15, 0.2) is 72.9 Å². The Morgan fingerprint density at radius 3 is 2.47 bits per heavy atom. The summed E-state index contributed by atoms with van der Waals surface area (Å²) in [6, 6.07) is 22.4. The Kier molecular flexibility index (Phi) is 5.48. The van der Waals surface area contributed by atoms with E-state index in [1.807, 2.05) is 47.1 Å². The van der Waals surface area contributed by atoms with E-state index in [0.29, 0.717) is 18.1 Å². The molecule has 158 valence electrons. The number of nitrogens with zero attached hydrogens (tertiary/aromatic N) is 7. The normalized spacial score (nSPS) is 11.0. The van der Waals surface area contributed by atoms with E-state index in [1.54, 1.807) is 6.20 Å². The largest absolute Gasteiger partial charge is 0.252 e. The monoisotopic (exact) mass is 422 g/mol. The molecule has 0 aliphatic heterocycles. The second-order valence-corrected chi connectivity index (χ2v) is 7.46. The fourth-order valence-electron chi connectivity index (χ4n) is 3.66. The van der Waals surface area contributed by atoms with Crippen molar-refractivity contribution in [2.24, 2.45) is 0 Å². The summed E-state index contributed by atoms with van der Waals surface area (Å²) in [5, 5.41) is 19.1. The maximum Gasteiger partial charge on any atom is 0.223 e. The molecule has 0 atom stereocenters. The van der Waals surface area contributed by atoms with Crippen molar-refractivity contribution in [2.75, 3.05) is 0 Å². The topological polar surface area (TPSA) is 98.1 Å². The van der Waals surface area contributed by atoms with Gasteiger partial charge in [0.15, 0.2) is 5.82 Å². The third-order valence-corrected chi connectivity index (χ3v) is 5.22. The van der Waals surface area contributed by atoms with Crippen molar-refractivity contribution in [2.45, 2.75) is 26.3 Å². The molecule has 5 rings (SSSR count). The van der Waals surface area contributed by atoms with Crippen LogP contribution < -0.4 is 0 Å². The van der Waals surface area contributed by atoms with Crippen LogP contribution in [0.3, 0.4) is 0 Å². The van der Waals surface area contributed by atoms with Gasteiger partial charge in [-0.15, -0.1) is 10.2 Å². The van der Waals surface area contributed by atoms with Crippen LogP contribution in [0.1, 0.15) is 24.7 Å². The van der Waals surface area contributed by atoms with Crippen molar-refractivity contribution >= 4 is 0 Å². The molecular formula is C24H22N8. The molecular weight excluding hydrogens is 400 g/mol. The Bertz CT molecular complexity index is 1290. The summed E-state index contributed by atoms with van der Waals surface area (Å²) >= 11 is 0. The minimum atomic E-state index is 0.477. The number of aryl methyl sites for hydroxylation is 1. The summed E-state index contributed by atoms with van der Waals surface area (Å²) in [5.74, 6) is 2.25. The van der Waals surface area contributed by atoms with Gasteiger partial charge in [-0.1, -0.05) is 67.6 Å². The molecule has 0 amide bonds. The van der Waals surface area contributed by atoms with Gasteiger partial charge in [0.25, 0.3) is 0 Å². The Morgan fingerprint density at radius 2 is 1.72 bits per heavy atom. The van der Waals surface area contributed by atoms with E-state index in [0.717, 1.165) is 46.7 Å². The summed E-state index contributed by atoms with van der Waals surface area (Å²) in [7, 11) is 0. The fraction of sp³-hybridized carbons (Fsp3) is 0.167. The molecule has 0 unspecified atom stereocenters. The van der Waals surface area contributed by atoms with Crippen LogP contribution >= 0.6 is 0 Å². The van der Waals surface area contributed by atoms with Crippen molar-refractivity contribution in [1.82, 2.24) is 40.4 Å². The molecule has 0 aliphatic rings. The van der Waals surface area contributed by atoms with Crippen LogP contribution in [0, 0.1) is 0 Å².